The van der Waals surface area contributed by atoms with Crippen LogP contribution in [0.3, 0.4) is 0 Å². The van der Waals surface area contributed by atoms with E-state index < -0.39 is 45.1 Å². The maximum Gasteiger partial charge on any atom is 0.418 e. The van der Waals surface area contributed by atoms with Crippen LogP contribution in [-0.4, -0.2) is 35.1 Å². The quantitative estimate of drug-likeness (QED) is 0.185. The number of benzene rings is 2. The zero-order valence-corrected chi connectivity index (χ0v) is 24.1. The van der Waals surface area contributed by atoms with Gasteiger partial charge in [-0.05, 0) is 75.4 Å². The van der Waals surface area contributed by atoms with E-state index >= 15 is 0 Å². The van der Waals surface area contributed by atoms with E-state index in [-0.39, 0.29) is 13.0 Å². The Morgan fingerprint density at radius 1 is 1.21 bits per heavy atom. The van der Waals surface area contributed by atoms with Crippen molar-refractivity contribution in [3.05, 3.63) is 83.0 Å². The van der Waals surface area contributed by atoms with Gasteiger partial charge >= 0.3 is 6.18 Å². The second kappa shape index (κ2) is 11.7. The molecule has 2 bridgehead atoms. The number of amides is 1. The highest BCUT2D eigenvalue weighted by Gasteiger charge is 2.60. The number of nitrogens with one attached hydrogen (secondary N) is 2. The predicted octanol–water partition coefficient (Wildman–Crippen LogP) is 7.74. The molecular formula is C32H37ClF3N3O3. The van der Waals surface area contributed by atoms with Crippen molar-refractivity contribution >= 4 is 41.0 Å². The number of hydrogen-bond donors (Lipinski definition) is 3. The summed E-state index contributed by atoms with van der Waals surface area (Å²) >= 11 is 6.97. The summed E-state index contributed by atoms with van der Waals surface area (Å²) in [7, 11) is 1.00. The Labute approximate surface area is 249 Å². The van der Waals surface area contributed by atoms with Crippen molar-refractivity contribution in [3.63, 3.8) is 0 Å². The van der Waals surface area contributed by atoms with Crippen LogP contribution in [0, 0.1) is 11.3 Å². The normalized spacial score (nSPS) is 23.2. The lowest BCUT2D eigenvalue weighted by Crippen LogP contribution is -2.58. The molecule has 10 heteroatoms. The van der Waals surface area contributed by atoms with Gasteiger partial charge in [0.15, 0.2) is 5.54 Å². The Morgan fingerprint density at radius 3 is 2.50 bits per heavy atom. The topological polar surface area (TPSA) is 90.8 Å². The fraction of sp³-hybridized carbons (Fsp3) is 0.406. The Kier molecular flexibility index (Phi) is 9.20. The van der Waals surface area contributed by atoms with Crippen LogP contribution in [0.5, 0.6) is 0 Å². The summed E-state index contributed by atoms with van der Waals surface area (Å²) in [6.07, 6.45) is -0.735. The van der Waals surface area contributed by atoms with Crippen LogP contribution in [0.2, 0.25) is 0 Å². The number of anilines is 2. The summed E-state index contributed by atoms with van der Waals surface area (Å²) in [6, 6.07) is 10.4. The summed E-state index contributed by atoms with van der Waals surface area (Å²) in [6.45, 7) is 9.85. The molecule has 3 atom stereocenters. The molecule has 2 aromatic rings. The fourth-order valence-electron chi connectivity index (χ4n) is 6.37. The number of amidine groups is 1. The van der Waals surface area contributed by atoms with E-state index in [4.69, 9.17) is 21.7 Å². The minimum atomic E-state index is -4.79. The van der Waals surface area contributed by atoms with Gasteiger partial charge in [0.25, 0.3) is 5.91 Å². The molecule has 1 aliphatic carbocycles. The van der Waals surface area contributed by atoms with Crippen molar-refractivity contribution in [3.8, 4) is 0 Å². The summed E-state index contributed by atoms with van der Waals surface area (Å²) in [5.41, 5.74) is -0.649. The molecule has 6 nitrogen and oxygen atoms in total. The van der Waals surface area contributed by atoms with Crippen LogP contribution in [0.15, 0.2) is 71.3 Å². The van der Waals surface area contributed by atoms with E-state index in [1.165, 1.54) is 6.07 Å². The molecule has 0 fully saturated rings. The van der Waals surface area contributed by atoms with Crippen molar-refractivity contribution in [1.29, 1.82) is 0 Å². The highest BCUT2D eigenvalue weighted by molar-refractivity contribution is 6.27. The van der Waals surface area contributed by atoms with E-state index in [9.17, 15) is 22.8 Å². The van der Waals surface area contributed by atoms with Crippen LogP contribution in [-0.2, 0) is 16.5 Å². The number of alkyl halides is 4. The van der Waals surface area contributed by atoms with Gasteiger partial charge in [-0.15, -0.1) is 18.2 Å². The first kappa shape index (κ1) is 33.1. The summed E-state index contributed by atoms with van der Waals surface area (Å²) < 4.78 is 42.0. The van der Waals surface area contributed by atoms with Crippen molar-refractivity contribution in [2.24, 2.45) is 16.3 Å². The van der Waals surface area contributed by atoms with Crippen LogP contribution in [0.1, 0.15) is 68.9 Å². The second-order valence-electron chi connectivity index (χ2n) is 11.0. The fourth-order valence-corrected chi connectivity index (χ4v) is 6.56. The third-order valence-corrected chi connectivity index (χ3v) is 8.68. The molecule has 2 heterocycles. The molecule has 0 saturated carbocycles. The Morgan fingerprint density at radius 2 is 1.88 bits per heavy atom. The number of fused-ring (bicyclic) bond motifs is 5. The number of carbonyl (C=O) groups is 2. The molecule has 0 radical (unpaired) electrons. The SMILES string of the molecule is C.C=CC(C)(Cl)C1=C2C(CCC1)C1(C(=O)Nc3ccc(C=O)cc3C(F)(F)F)N=C(Nc3ccccc31)C2(C)C.CO. The molecule has 0 spiro atoms. The first-order valence-corrected chi connectivity index (χ1v) is 13.6. The third kappa shape index (κ3) is 5.17. The number of halogens is 4. The van der Waals surface area contributed by atoms with Gasteiger partial charge in [0.1, 0.15) is 12.1 Å². The highest BCUT2D eigenvalue weighted by Crippen LogP contribution is 2.60. The van der Waals surface area contributed by atoms with Crippen LogP contribution >= 0.6 is 11.6 Å². The predicted molar refractivity (Wildman–Crippen MR) is 162 cm³/mol. The number of aliphatic hydroxyl groups is 1. The summed E-state index contributed by atoms with van der Waals surface area (Å²) in [5, 5.41) is 13.0. The van der Waals surface area contributed by atoms with E-state index in [1.54, 1.807) is 18.2 Å². The molecule has 0 aromatic heterocycles. The zero-order valence-electron chi connectivity index (χ0n) is 23.3. The van der Waals surface area contributed by atoms with Crippen molar-refractivity contribution < 1.29 is 27.9 Å². The average Bonchev–Trinajstić information content (AvgIpc) is 2.96. The smallest absolute Gasteiger partial charge is 0.400 e. The highest BCUT2D eigenvalue weighted by atomic mass is 35.5. The Balaban J connectivity index is 0.00000158. The van der Waals surface area contributed by atoms with Gasteiger partial charge in [0.05, 0.1) is 16.1 Å². The van der Waals surface area contributed by atoms with E-state index in [0.29, 0.717) is 36.2 Å². The molecule has 2 aromatic carbocycles. The number of aldehydes is 1. The molecule has 1 amide bonds. The van der Waals surface area contributed by atoms with Gasteiger partial charge in [0.2, 0.25) is 0 Å². The minimum absolute atomic E-state index is 0. The van der Waals surface area contributed by atoms with Gasteiger partial charge in [-0.3, -0.25) is 9.59 Å². The van der Waals surface area contributed by atoms with Crippen LogP contribution in [0.25, 0.3) is 0 Å². The van der Waals surface area contributed by atoms with Gasteiger partial charge < -0.3 is 15.7 Å². The zero-order chi connectivity index (χ0) is 30.4. The summed E-state index contributed by atoms with van der Waals surface area (Å²) in [4.78, 5) is 29.8. The molecule has 226 valence electrons. The molecule has 5 rings (SSSR count). The Bertz CT molecular complexity index is 1460. The Hall–Kier alpha value is -3.43. The van der Waals surface area contributed by atoms with E-state index in [1.807, 2.05) is 32.9 Å². The first-order valence-electron chi connectivity index (χ1n) is 13.2. The number of para-hydroxylation sites is 1. The summed E-state index contributed by atoms with van der Waals surface area (Å²) in [5.74, 6) is -0.580. The van der Waals surface area contributed by atoms with Crippen LogP contribution in [0.4, 0.5) is 24.5 Å². The van der Waals surface area contributed by atoms with Gasteiger partial charge in [-0.1, -0.05) is 31.7 Å². The van der Waals surface area contributed by atoms with Gasteiger partial charge in [-0.25, -0.2) is 4.99 Å². The number of aliphatic imine (C=N–C) groups is 1. The van der Waals surface area contributed by atoms with E-state index in [2.05, 4.69) is 17.2 Å². The molecule has 3 aliphatic rings. The molecule has 0 saturated heterocycles. The van der Waals surface area contributed by atoms with Gasteiger partial charge in [-0.2, -0.15) is 13.2 Å². The molecule has 42 heavy (non-hydrogen) atoms. The molecule has 2 aliphatic heterocycles. The maximum absolute atomic E-state index is 14.4. The number of rotatable bonds is 5. The number of carbonyl (C=O) groups excluding carboxylic acids is 2. The van der Waals surface area contributed by atoms with Crippen molar-refractivity contribution in [1.82, 2.24) is 0 Å². The molecule has 3 unspecified atom stereocenters. The number of nitrogens with zero attached hydrogens (tertiary/aromatic N) is 1. The molecular weight excluding hydrogens is 567 g/mol. The van der Waals surface area contributed by atoms with Crippen LogP contribution < -0.4 is 10.6 Å². The minimum Gasteiger partial charge on any atom is -0.400 e. The lowest BCUT2D eigenvalue weighted by atomic mass is 9.56. The first-order chi connectivity index (χ1) is 19.3. The maximum atomic E-state index is 14.4. The largest absolute Gasteiger partial charge is 0.418 e. The number of hydrogen-bond acceptors (Lipinski definition) is 5. The lowest BCUT2D eigenvalue weighted by molar-refractivity contribution is -0.137. The molecule has 3 N–H and O–H groups in total. The monoisotopic (exact) mass is 603 g/mol. The van der Waals surface area contributed by atoms with E-state index in [0.717, 1.165) is 36.8 Å². The average molecular weight is 604 g/mol. The van der Waals surface area contributed by atoms with Gasteiger partial charge in [0, 0.05) is 35.3 Å². The van der Waals surface area contributed by atoms with Crippen molar-refractivity contribution in [2.45, 2.75) is 64.0 Å². The lowest BCUT2D eigenvalue weighted by Gasteiger charge is -2.54. The number of allylic oxidation sites excluding steroid dienone is 2. The standard InChI is InChI=1S/C30H29ClF3N3O2.CH4O.CH4/c1-5-28(4,31)19-10-8-11-20-24(19)27(2,3)25-35-22-12-7-6-9-18(22)29(20,37-25)26(39)36-23-14-13-17(16-38)15-21(23)30(32,33)34;1-2;/h5-7,9,12-16,20H,1,8,10-11H2,2-4H3,(H,35,37)(H,36,39);2H,1H3;1H4. The second-order valence-corrected chi connectivity index (χ2v) is 11.8. The third-order valence-electron chi connectivity index (χ3n) is 8.29. The van der Waals surface area contributed by atoms with Crippen molar-refractivity contribution in [2.75, 3.05) is 17.7 Å². The number of aliphatic hydroxyl groups excluding tert-OH is 1.